The van der Waals surface area contributed by atoms with Gasteiger partial charge in [-0.15, -0.1) is 0 Å². The van der Waals surface area contributed by atoms with E-state index in [0.717, 1.165) is 19.2 Å². The maximum Gasteiger partial charge on any atom is 0.251 e. The van der Waals surface area contributed by atoms with Crippen molar-refractivity contribution in [2.24, 2.45) is 0 Å². The molecule has 6 heteroatoms. The Kier molecular flexibility index (Phi) is 5.74. The van der Waals surface area contributed by atoms with Crippen molar-refractivity contribution >= 4 is 17.5 Å². The highest BCUT2D eigenvalue weighted by Crippen LogP contribution is 2.23. The number of hydrogen-bond donors (Lipinski definition) is 1. The van der Waals surface area contributed by atoms with Gasteiger partial charge in [-0.1, -0.05) is 18.2 Å². The van der Waals surface area contributed by atoms with Crippen LogP contribution in [0.3, 0.4) is 0 Å². The second kappa shape index (κ2) is 8.20. The average Bonchev–Trinajstić information content (AvgIpc) is 2.68. The van der Waals surface area contributed by atoms with Gasteiger partial charge in [0, 0.05) is 37.4 Å². The highest BCUT2D eigenvalue weighted by molar-refractivity contribution is 5.96. The lowest BCUT2D eigenvalue weighted by molar-refractivity contribution is -0.130. The molecule has 2 amide bonds. The summed E-state index contributed by atoms with van der Waals surface area (Å²) in [6.45, 7) is 6.87. The van der Waals surface area contributed by atoms with Crippen LogP contribution in [0.5, 0.6) is 0 Å². The number of nitrogens with zero attached hydrogens (tertiary/aromatic N) is 2. The molecule has 1 heterocycles. The molecular weight excluding hydrogens is 345 g/mol. The predicted molar refractivity (Wildman–Crippen MR) is 103 cm³/mol. The summed E-state index contributed by atoms with van der Waals surface area (Å²) >= 11 is 0. The van der Waals surface area contributed by atoms with Crippen LogP contribution in [0.4, 0.5) is 10.1 Å². The summed E-state index contributed by atoms with van der Waals surface area (Å²) in [6.07, 6.45) is 0. The van der Waals surface area contributed by atoms with E-state index in [1.54, 1.807) is 4.90 Å². The summed E-state index contributed by atoms with van der Waals surface area (Å²) < 4.78 is 13.2. The van der Waals surface area contributed by atoms with E-state index in [0.29, 0.717) is 13.1 Å². The Hall–Kier alpha value is -2.89. The Morgan fingerprint density at radius 3 is 2.44 bits per heavy atom. The van der Waals surface area contributed by atoms with Crippen molar-refractivity contribution < 1.29 is 14.0 Å². The first-order valence-corrected chi connectivity index (χ1v) is 9.08. The molecule has 2 aromatic carbocycles. The Labute approximate surface area is 158 Å². The minimum atomic E-state index is -0.475. The van der Waals surface area contributed by atoms with Gasteiger partial charge in [0.25, 0.3) is 5.91 Å². The van der Waals surface area contributed by atoms with Crippen LogP contribution in [-0.2, 0) is 4.79 Å². The first-order chi connectivity index (χ1) is 13.0. The van der Waals surface area contributed by atoms with E-state index < -0.39 is 11.7 Å². The fourth-order valence-electron chi connectivity index (χ4n) is 3.27. The summed E-state index contributed by atoms with van der Waals surface area (Å²) in [7, 11) is 0. The molecule has 0 unspecified atom stereocenters. The van der Waals surface area contributed by atoms with Gasteiger partial charge >= 0.3 is 0 Å². The largest absolute Gasteiger partial charge is 0.368 e. The number of amides is 2. The predicted octanol–water partition coefficient (Wildman–Crippen LogP) is 2.52. The molecule has 0 aliphatic carbocycles. The van der Waals surface area contributed by atoms with Gasteiger partial charge in [-0.05, 0) is 49.2 Å². The number of carbonyl (C=O) groups is 2. The van der Waals surface area contributed by atoms with Crippen LogP contribution in [0.15, 0.2) is 42.5 Å². The van der Waals surface area contributed by atoms with Crippen molar-refractivity contribution in [1.29, 1.82) is 0 Å². The van der Waals surface area contributed by atoms with Crippen LogP contribution in [0.25, 0.3) is 0 Å². The minimum absolute atomic E-state index is 0.0845. The third-order valence-corrected chi connectivity index (χ3v) is 5.04. The van der Waals surface area contributed by atoms with Crippen LogP contribution in [-0.4, -0.2) is 49.4 Å². The van der Waals surface area contributed by atoms with Gasteiger partial charge in [-0.25, -0.2) is 4.39 Å². The fourth-order valence-corrected chi connectivity index (χ4v) is 3.27. The standard InChI is InChI=1S/C21H24FN3O2/c1-15-5-3-8-19(16(15)2)24-9-11-25(12-10-24)20(26)14-23-21(27)17-6-4-7-18(22)13-17/h3-8,13H,9-12,14H2,1-2H3,(H,23,27). The molecule has 2 aromatic rings. The molecule has 1 aliphatic rings. The highest BCUT2D eigenvalue weighted by Gasteiger charge is 2.22. The van der Waals surface area contributed by atoms with Gasteiger partial charge < -0.3 is 15.1 Å². The molecule has 1 saturated heterocycles. The van der Waals surface area contributed by atoms with Crippen molar-refractivity contribution in [3.05, 3.63) is 65.0 Å². The number of hydrogen-bond acceptors (Lipinski definition) is 3. The summed E-state index contributed by atoms with van der Waals surface area (Å²) in [5, 5.41) is 2.57. The molecule has 27 heavy (non-hydrogen) atoms. The summed E-state index contributed by atoms with van der Waals surface area (Å²) in [5.41, 5.74) is 3.94. The molecule has 1 fully saturated rings. The van der Waals surface area contributed by atoms with Gasteiger partial charge in [0.1, 0.15) is 5.82 Å². The normalized spacial score (nSPS) is 14.2. The number of rotatable bonds is 4. The number of carbonyl (C=O) groups excluding carboxylic acids is 2. The maximum atomic E-state index is 13.2. The van der Waals surface area contributed by atoms with E-state index in [2.05, 4.69) is 42.3 Å². The highest BCUT2D eigenvalue weighted by atomic mass is 19.1. The number of anilines is 1. The van der Waals surface area contributed by atoms with E-state index in [9.17, 15) is 14.0 Å². The third-order valence-electron chi connectivity index (χ3n) is 5.04. The lowest BCUT2D eigenvalue weighted by Gasteiger charge is -2.37. The Morgan fingerprint density at radius 2 is 1.74 bits per heavy atom. The van der Waals surface area contributed by atoms with Gasteiger partial charge in [-0.3, -0.25) is 9.59 Å². The average molecular weight is 369 g/mol. The molecule has 0 radical (unpaired) electrons. The summed E-state index contributed by atoms with van der Waals surface area (Å²) in [4.78, 5) is 28.5. The number of benzene rings is 2. The smallest absolute Gasteiger partial charge is 0.251 e. The third kappa shape index (κ3) is 4.45. The van der Waals surface area contributed by atoms with E-state index in [1.807, 2.05) is 0 Å². The van der Waals surface area contributed by atoms with Crippen molar-refractivity contribution in [3.8, 4) is 0 Å². The number of halogens is 1. The maximum absolute atomic E-state index is 13.2. The molecule has 1 N–H and O–H groups in total. The van der Waals surface area contributed by atoms with Crippen LogP contribution >= 0.6 is 0 Å². The second-order valence-electron chi connectivity index (χ2n) is 6.78. The van der Waals surface area contributed by atoms with Gasteiger partial charge in [0.05, 0.1) is 6.54 Å². The quantitative estimate of drug-likeness (QED) is 0.901. The Balaban J connectivity index is 1.51. The fraction of sp³-hybridized carbons (Fsp3) is 0.333. The van der Waals surface area contributed by atoms with Gasteiger partial charge in [0.2, 0.25) is 5.91 Å². The van der Waals surface area contributed by atoms with Crippen LogP contribution in [0.2, 0.25) is 0 Å². The first-order valence-electron chi connectivity index (χ1n) is 9.08. The van der Waals surface area contributed by atoms with E-state index in [4.69, 9.17) is 0 Å². The molecule has 0 spiro atoms. The van der Waals surface area contributed by atoms with Crippen LogP contribution in [0.1, 0.15) is 21.5 Å². The van der Waals surface area contributed by atoms with Gasteiger partial charge in [0.15, 0.2) is 0 Å². The van der Waals surface area contributed by atoms with Crippen molar-refractivity contribution in [2.45, 2.75) is 13.8 Å². The van der Waals surface area contributed by atoms with Crippen LogP contribution in [0, 0.1) is 19.7 Å². The number of piperazine rings is 1. The SMILES string of the molecule is Cc1cccc(N2CCN(C(=O)CNC(=O)c3cccc(F)c3)CC2)c1C. The molecule has 1 aliphatic heterocycles. The summed E-state index contributed by atoms with van der Waals surface area (Å²) in [5.74, 6) is -1.05. The van der Waals surface area contributed by atoms with E-state index >= 15 is 0 Å². The number of aryl methyl sites for hydroxylation is 1. The molecule has 5 nitrogen and oxygen atoms in total. The van der Waals surface area contributed by atoms with Crippen LogP contribution < -0.4 is 10.2 Å². The molecular formula is C21H24FN3O2. The Morgan fingerprint density at radius 1 is 1.04 bits per heavy atom. The lowest BCUT2D eigenvalue weighted by atomic mass is 10.1. The first kappa shape index (κ1) is 18.9. The van der Waals surface area contributed by atoms with Crippen molar-refractivity contribution in [1.82, 2.24) is 10.2 Å². The Bertz CT molecular complexity index is 845. The zero-order valence-electron chi connectivity index (χ0n) is 15.7. The molecule has 0 atom stereocenters. The monoisotopic (exact) mass is 369 g/mol. The zero-order valence-corrected chi connectivity index (χ0v) is 15.7. The molecule has 0 saturated carbocycles. The molecule has 142 valence electrons. The van der Waals surface area contributed by atoms with E-state index in [-0.39, 0.29) is 18.0 Å². The lowest BCUT2D eigenvalue weighted by Crippen LogP contribution is -2.51. The minimum Gasteiger partial charge on any atom is -0.368 e. The van der Waals surface area contributed by atoms with E-state index in [1.165, 1.54) is 35.0 Å². The van der Waals surface area contributed by atoms with Crippen molar-refractivity contribution in [3.63, 3.8) is 0 Å². The summed E-state index contributed by atoms with van der Waals surface area (Å²) in [6, 6.07) is 11.7. The molecule has 0 bridgehead atoms. The second-order valence-corrected chi connectivity index (χ2v) is 6.78. The zero-order chi connectivity index (χ0) is 19.4. The number of nitrogens with one attached hydrogen (secondary N) is 1. The topological polar surface area (TPSA) is 52.6 Å². The van der Waals surface area contributed by atoms with Crippen molar-refractivity contribution in [2.75, 3.05) is 37.6 Å². The molecule has 3 rings (SSSR count). The molecule has 0 aromatic heterocycles. The van der Waals surface area contributed by atoms with Gasteiger partial charge in [-0.2, -0.15) is 0 Å².